The van der Waals surface area contributed by atoms with Gasteiger partial charge in [0.2, 0.25) is 10.8 Å². The van der Waals surface area contributed by atoms with Crippen LogP contribution in [0.2, 0.25) is 0 Å². The van der Waals surface area contributed by atoms with Crippen molar-refractivity contribution in [3.8, 4) is 39.1 Å². The van der Waals surface area contributed by atoms with Gasteiger partial charge in [0.05, 0.1) is 12.8 Å². The molecule has 0 saturated heterocycles. The molecule has 0 unspecified atom stereocenters. The normalized spacial score (nSPS) is 11.1. The molecule has 0 bridgehead atoms. The van der Waals surface area contributed by atoms with E-state index in [0.717, 1.165) is 38.2 Å². The molecule has 0 aliphatic heterocycles. The first kappa shape index (κ1) is 15.7. The molecular weight excluding hydrogens is 360 g/mol. The Morgan fingerprint density at radius 2 is 1.81 bits per heavy atom. The molecule has 8 heteroatoms. The SMILES string of the molecule is COc1cccc(-c2nn3c(-c4cc(-c5ccccc5)n[nH]4)nnc3s2)c1. The summed E-state index contributed by atoms with van der Waals surface area (Å²) < 4.78 is 7.04. The van der Waals surface area contributed by atoms with E-state index < -0.39 is 0 Å². The first-order valence-corrected chi connectivity index (χ1v) is 9.11. The van der Waals surface area contributed by atoms with Gasteiger partial charge in [-0.15, -0.1) is 10.2 Å². The summed E-state index contributed by atoms with van der Waals surface area (Å²) in [5.74, 6) is 1.42. The summed E-state index contributed by atoms with van der Waals surface area (Å²) in [5.41, 5.74) is 3.64. The number of rotatable bonds is 4. The number of benzene rings is 2. The topological polar surface area (TPSA) is 81.0 Å². The van der Waals surface area contributed by atoms with E-state index in [4.69, 9.17) is 4.74 Å². The average Bonchev–Trinajstić information content (AvgIpc) is 3.44. The maximum Gasteiger partial charge on any atom is 0.235 e. The zero-order valence-electron chi connectivity index (χ0n) is 14.3. The molecular formula is C19H14N6OS. The third kappa shape index (κ3) is 2.76. The standard InChI is InChI=1S/C19H14N6OS/c1-26-14-9-5-8-13(10-14)18-24-25-17(22-23-19(25)27-18)16-11-15(20-21-16)12-6-3-2-4-7-12/h2-11H,1H3,(H,20,21). The summed E-state index contributed by atoms with van der Waals surface area (Å²) in [6.07, 6.45) is 0. The fraction of sp³-hybridized carbons (Fsp3) is 0.0526. The second-order valence-electron chi connectivity index (χ2n) is 5.89. The zero-order chi connectivity index (χ0) is 18.2. The number of fused-ring (bicyclic) bond motifs is 1. The molecule has 27 heavy (non-hydrogen) atoms. The molecule has 3 aromatic heterocycles. The average molecular weight is 374 g/mol. The number of ether oxygens (including phenoxy) is 1. The van der Waals surface area contributed by atoms with Crippen molar-refractivity contribution in [3.05, 3.63) is 60.7 Å². The third-order valence-corrected chi connectivity index (χ3v) is 5.14. The molecule has 0 aliphatic carbocycles. The van der Waals surface area contributed by atoms with Crippen molar-refractivity contribution < 1.29 is 4.74 Å². The smallest absolute Gasteiger partial charge is 0.235 e. The summed E-state index contributed by atoms with van der Waals surface area (Å²) in [7, 11) is 1.65. The molecule has 7 nitrogen and oxygen atoms in total. The lowest BCUT2D eigenvalue weighted by Crippen LogP contribution is -1.91. The van der Waals surface area contributed by atoms with Gasteiger partial charge in [-0.3, -0.25) is 5.10 Å². The molecule has 0 amide bonds. The number of aromatic nitrogens is 6. The van der Waals surface area contributed by atoms with E-state index in [-0.39, 0.29) is 0 Å². The van der Waals surface area contributed by atoms with Crippen LogP contribution < -0.4 is 4.74 Å². The number of methoxy groups -OCH3 is 1. The van der Waals surface area contributed by atoms with Crippen LogP contribution in [-0.4, -0.2) is 37.1 Å². The van der Waals surface area contributed by atoms with Crippen LogP contribution in [0, 0.1) is 0 Å². The van der Waals surface area contributed by atoms with Crippen molar-refractivity contribution in [1.29, 1.82) is 0 Å². The van der Waals surface area contributed by atoms with Gasteiger partial charge in [0.25, 0.3) is 0 Å². The Bertz CT molecular complexity index is 1220. The molecule has 1 N–H and O–H groups in total. The van der Waals surface area contributed by atoms with Gasteiger partial charge in [-0.25, -0.2) is 0 Å². The van der Waals surface area contributed by atoms with Gasteiger partial charge in [-0.1, -0.05) is 53.8 Å². The molecule has 0 spiro atoms. The molecule has 5 rings (SSSR count). The van der Waals surface area contributed by atoms with E-state index in [2.05, 4.69) is 25.5 Å². The Labute approximate surface area is 158 Å². The molecule has 0 atom stereocenters. The Morgan fingerprint density at radius 3 is 2.67 bits per heavy atom. The molecule has 0 fully saturated rings. The molecule has 0 saturated carbocycles. The minimum absolute atomic E-state index is 0.630. The van der Waals surface area contributed by atoms with Crippen LogP contribution in [0.25, 0.3) is 38.3 Å². The van der Waals surface area contributed by atoms with Gasteiger partial charge in [-0.2, -0.15) is 14.7 Å². The maximum absolute atomic E-state index is 5.30. The lowest BCUT2D eigenvalue weighted by atomic mass is 10.1. The van der Waals surface area contributed by atoms with Crippen LogP contribution in [0.3, 0.4) is 0 Å². The van der Waals surface area contributed by atoms with Crippen LogP contribution in [0.5, 0.6) is 5.75 Å². The van der Waals surface area contributed by atoms with Crippen molar-refractivity contribution in [3.63, 3.8) is 0 Å². The highest BCUT2D eigenvalue weighted by molar-refractivity contribution is 7.19. The van der Waals surface area contributed by atoms with Gasteiger partial charge >= 0.3 is 0 Å². The van der Waals surface area contributed by atoms with E-state index in [1.807, 2.05) is 60.7 Å². The number of H-pyrrole nitrogens is 1. The molecule has 0 aliphatic rings. The third-order valence-electron chi connectivity index (χ3n) is 4.20. The summed E-state index contributed by atoms with van der Waals surface area (Å²) in [5, 5.41) is 21.5. The molecule has 5 aromatic rings. The second-order valence-corrected chi connectivity index (χ2v) is 6.85. The lowest BCUT2D eigenvalue weighted by molar-refractivity contribution is 0.415. The first-order valence-electron chi connectivity index (χ1n) is 8.30. The number of nitrogens with one attached hydrogen (secondary N) is 1. The second kappa shape index (κ2) is 6.33. The summed E-state index contributed by atoms with van der Waals surface area (Å²) >= 11 is 1.48. The van der Waals surface area contributed by atoms with Crippen molar-refractivity contribution in [2.24, 2.45) is 0 Å². The fourth-order valence-electron chi connectivity index (χ4n) is 2.85. The molecule has 2 aromatic carbocycles. The van der Waals surface area contributed by atoms with E-state index in [9.17, 15) is 0 Å². The Kier molecular flexibility index (Phi) is 3.68. The number of aromatic amines is 1. The van der Waals surface area contributed by atoms with Crippen molar-refractivity contribution in [1.82, 2.24) is 30.0 Å². The van der Waals surface area contributed by atoms with Gasteiger partial charge in [0.1, 0.15) is 16.5 Å². The van der Waals surface area contributed by atoms with Gasteiger partial charge in [0, 0.05) is 11.1 Å². The summed E-state index contributed by atoms with van der Waals surface area (Å²) in [4.78, 5) is 0.721. The van der Waals surface area contributed by atoms with E-state index >= 15 is 0 Å². The first-order chi connectivity index (χ1) is 13.3. The van der Waals surface area contributed by atoms with Crippen molar-refractivity contribution in [2.75, 3.05) is 7.11 Å². The zero-order valence-corrected chi connectivity index (χ0v) is 15.1. The minimum Gasteiger partial charge on any atom is -0.497 e. The van der Waals surface area contributed by atoms with E-state index in [1.54, 1.807) is 11.6 Å². The lowest BCUT2D eigenvalue weighted by Gasteiger charge is -2.00. The van der Waals surface area contributed by atoms with Crippen molar-refractivity contribution >= 4 is 16.3 Å². The monoisotopic (exact) mass is 374 g/mol. The highest BCUT2D eigenvalue weighted by Crippen LogP contribution is 2.30. The van der Waals surface area contributed by atoms with E-state index in [1.165, 1.54) is 11.3 Å². The fourth-order valence-corrected chi connectivity index (χ4v) is 3.69. The van der Waals surface area contributed by atoms with Crippen LogP contribution in [0.4, 0.5) is 0 Å². The predicted molar refractivity (Wildman–Crippen MR) is 104 cm³/mol. The van der Waals surface area contributed by atoms with Crippen LogP contribution in [-0.2, 0) is 0 Å². The van der Waals surface area contributed by atoms with Gasteiger partial charge < -0.3 is 4.74 Å². The predicted octanol–water partition coefficient (Wildman–Crippen LogP) is 3.92. The summed E-state index contributed by atoms with van der Waals surface area (Å²) in [6, 6.07) is 19.7. The molecule has 0 radical (unpaired) electrons. The maximum atomic E-state index is 5.30. The van der Waals surface area contributed by atoms with E-state index in [0.29, 0.717) is 5.82 Å². The quantitative estimate of drug-likeness (QED) is 0.516. The highest BCUT2D eigenvalue weighted by Gasteiger charge is 2.17. The Hall–Kier alpha value is -3.52. The number of hydrogen-bond donors (Lipinski definition) is 1. The molecule has 3 heterocycles. The summed E-state index contributed by atoms with van der Waals surface area (Å²) in [6.45, 7) is 0. The van der Waals surface area contributed by atoms with Gasteiger partial charge in [-0.05, 0) is 18.2 Å². The van der Waals surface area contributed by atoms with Crippen molar-refractivity contribution in [2.45, 2.75) is 0 Å². The largest absolute Gasteiger partial charge is 0.497 e. The number of hydrogen-bond acceptors (Lipinski definition) is 6. The highest BCUT2D eigenvalue weighted by atomic mass is 32.1. The Morgan fingerprint density at radius 1 is 0.963 bits per heavy atom. The Balaban J connectivity index is 1.55. The van der Waals surface area contributed by atoms with Crippen LogP contribution in [0.1, 0.15) is 0 Å². The van der Waals surface area contributed by atoms with Crippen LogP contribution in [0.15, 0.2) is 60.7 Å². The minimum atomic E-state index is 0.630. The molecule has 132 valence electrons. The number of nitrogens with zero attached hydrogens (tertiary/aromatic N) is 5. The van der Waals surface area contributed by atoms with Crippen LogP contribution >= 0.6 is 11.3 Å². The van der Waals surface area contributed by atoms with Gasteiger partial charge in [0.15, 0.2) is 0 Å².